The number of hydrogen-bond acceptors (Lipinski definition) is 7. The first-order valence-electron chi connectivity index (χ1n) is 9.76. The Hall–Kier alpha value is -2.40. The molecule has 4 rings (SSSR count). The first-order chi connectivity index (χ1) is 15.0. The van der Waals surface area contributed by atoms with Gasteiger partial charge in [0.15, 0.2) is 5.17 Å². The Morgan fingerprint density at radius 1 is 1.23 bits per heavy atom. The van der Waals surface area contributed by atoms with Crippen molar-refractivity contribution in [2.75, 3.05) is 23.1 Å². The molecular formula is C21H23BrN6O2S. The lowest BCUT2D eigenvalue weighted by Gasteiger charge is -2.35. The predicted molar refractivity (Wildman–Crippen MR) is 129 cm³/mol. The van der Waals surface area contributed by atoms with Gasteiger partial charge in [0.1, 0.15) is 17.8 Å². The van der Waals surface area contributed by atoms with Gasteiger partial charge in [-0.25, -0.2) is 10.4 Å². The summed E-state index contributed by atoms with van der Waals surface area (Å²) in [4.78, 5) is 19.1. The second-order valence-corrected chi connectivity index (χ2v) is 9.08. The number of carbonyl (C=O) groups is 1. The lowest BCUT2D eigenvalue weighted by molar-refractivity contribution is -0.113. The highest BCUT2D eigenvalue weighted by Gasteiger charge is 2.43. The van der Waals surface area contributed by atoms with E-state index >= 15 is 0 Å². The van der Waals surface area contributed by atoms with E-state index in [1.807, 2.05) is 60.4 Å². The fourth-order valence-corrected chi connectivity index (χ4v) is 4.66. The Balaban J connectivity index is 1.53. The minimum absolute atomic E-state index is 0.0641. The molecule has 3 unspecified atom stereocenters. The van der Waals surface area contributed by atoms with Gasteiger partial charge in [0.05, 0.1) is 18.8 Å². The van der Waals surface area contributed by atoms with Crippen LogP contribution in [0, 0.1) is 11.3 Å². The van der Waals surface area contributed by atoms with Crippen molar-refractivity contribution >= 4 is 56.0 Å². The summed E-state index contributed by atoms with van der Waals surface area (Å²) in [5.41, 5.74) is 7.86. The Labute approximate surface area is 193 Å². The van der Waals surface area contributed by atoms with Crippen molar-refractivity contribution in [2.24, 2.45) is 10.9 Å². The van der Waals surface area contributed by atoms with Crippen LogP contribution in [-0.2, 0) is 4.79 Å². The molecule has 2 aromatic carbocycles. The molecule has 1 fully saturated rings. The monoisotopic (exact) mass is 502 g/mol. The minimum Gasteiger partial charge on any atom is -0.497 e. The zero-order valence-electron chi connectivity index (χ0n) is 17.1. The molecule has 0 aliphatic carbocycles. The maximum atomic E-state index is 12.5. The van der Waals surface area contributed by atoms with Crippen molar-refractivity contribution in [3.05, 3.63) is 53.0 Å². The highest BCUT2D eigenvalue weighted by molar-refractivity contribution is 9.10. The van der Waals surface area contributed by atoms with Crippen LogP contribution < -0.4 is 25.8 Å². The molecule has 2 aromatic rings. The Kier molecular flexibility index (Phi) is 6.61. The third-order valence-electron chi connectivity index (χ3n) is 5.13. The molecule has 0 radical (unpaired) electrons. The van der Waals surface area contributed by atoms with Gasteiger partial charge in [0.25, 0.3) is 0 Å². The van der Waals surface area contributed by atoms with Crippen LogP contribution in [0.25, 0.3) is 0 Å². The van der Waals surface area contributed by atoms with Crippen LogP contribution in [0.4, 0.5) is 11.4 Å². The molecule has 4 N–H and O–H groups in total. The summed E-state index contributed by atoms with van der Waals surface area (Å²) in [6.45, 7) is 2.03. The molecule has 1 saturated heterocycles. The van der Waals surface area contributed by atoms with Crippen LogP contribution >= 0.6 is 27.7 Å². The van der Waals surface area contributed by atoms with Crippen LogP contribution in [0.1, 0.15) is 6.92 Å². The van der Waals surface area contributed by atoms with E-state index < -0.39 is 0 Å². The third-order valence-corrected chi connectivity index (χ3v) is 6.61. The lowest BCUT2D eigenvalue weighted by atomic mass is 9.97. The van der Waals surface area contributed by atoms with E-state index in [9.17, 15) is 4.79 Å². The number of hydrazine groups is 1. The average Bonchev–Trinajstić information content (AvgIpc) is 3.15. The van der Waals surface area contributed by atoms with E-state index in [1.54, 1.807) is 7.11 Å². The van der Waals surface area contributed by atoms with Crippen LogP contribution in [0.3, 0.4) is 0 Å². The smallest absolute Gasteiger partial charge is 0.234 e. The van der Waals surface area contributed by atoms with Gasteiger partial charge in [-0.05, 0) is 55.5 Å². The molecule has 0 bridgehead atoms. The maximum Gasteiger partial charge on any atom is 0.234 e. The normalized spacial score (nSPS) is 22.7. The molecule has 162 valence electrons. The van der Waals surface area contributed by atoms with Crippen molar-refractivity contribution < 1.29 is 9.53 Å². The minimum atomic E-state index is -0.242. The van der Waals surface area contributed by atoms with Crippen molar-refractivity contribution in [1.82, 2.24) is 10.9 Å². The molecular weight excluding hydrogens is 480 g/mol. The van der Waals surface area contributed by atoms with E-state index in [0.29, 0.717) is 11.0 Å². The molecule has 1 amide bonds. The second-order valence-electron chi connectivity index (χ2n) is 7.22. The Morgan fingerprint density at radius 3 is 2.61 bits per heavy atom. The number of anilines is 2. The van der Waals surface area contributed by atoms with Crippen molar-refractivity contribution in [2.45, 2.75) is 19.1 Å². The molecule has 31 heavy (non-hydrogen) atoms. The number of amides is 1. The van der Waals surface area contributed by atoms with E-state index in [-0.39, 0.29) is 29.8 Å². The number of amidine groups is 2. The van der Waals surface area contributed by atoms with Gasteiger partial charge < -0.3 is 10.1 Å². The summed E-state index contributed by atoms with van der Waals surface area (Å²) in [5, 5.41) is 12.4. The van der Waals surface area contributed by atoms with Crippen LogP contribution in [0.2, 0.25) is 0 Å². The fourth-order valence-electron chi connectivity index (χ4n) is 3.54. The van der Waals surface area contributed by atoms with Crippen molar-refractivity contribution in [1.29, 1.82) is 5.41 Å². The van der Waals surface area contributed by atoms with E-state index in [1.165, 1.54) is 11.8 Å². The van der Waals surface area contributed by atoms with Gasteiger partial charge in [-0.15, -0.1) is 0 Å². The van der Waals surface area contributed by atoms with Crippen LogP contribution in [0.15, 0.2) is 58.0 Å². The zero-order chi connectivity index (χ0) is 22.0. The number of ether oxygens (including phenoxy) is 1. The Bertz CT molecular complexity index is 998. The molecule has 0 aromatic heterocycles. The molecule has 0 saturated carbocycles. The molecule has 2 heterocycles. The quantitative estimate of drug-likeness (QED) is 0.499. The van der Waals surface area contributed by atoms with E-state index in [2.05, 4.69) is 32.1 Å². The van der Waals surface area contributed by atoms with E-state index in [0.717, 1.165) is 21.6 Å². The van der Waals surface area contributed by atoms with Crippen LogP contribution in [0.5, 0.6) is 5.75 Å². The second kappa shape index (κ2) is 9.39. The highest BCUT2D eigenvalue weighted by Crippen LogP contribution is 2.32. The SMILES string of the molecule is COc1ccc(N2C(=N)C3C(C)NNC3N=C2SCC(=O)Nc2ccc(Br)cc2)cc1. The van der Waals surface area contributed by atoms with Crippen LogP contribution in [-0.4, -0.2) is 42.0 Å². The Morgan fingerprint density at radius 2 is 1.94 bits per heavy atom. The fraction of sp³-hybridized carbons (Fsp3) is 0.286. The molecule has 2 aliphatic heterocycles. The largest absolute Gasteiger partial charge is 0.497 e. The lowest BCUT2D eigenvalue weighted by Crippen LogP contribution is -2.50. The first kappa shape index (κ1) is 21.8. The number of fused-ring (bicyclic) bond motifs is 1. The number of benzene rings is 2. The summed E-state index contributed by atoms with van der Waals surface area (Å²) in [6.07, 6.45) is -0.242. The van der Waals surface area contributed by atoms with Crippen molar-refractivity contribution in [3.8, 4) is 5.75 Å². The first-order valence-corrected chi connectivity index (χ1v) is 11.5. The number of thioether (sulfide) groups is 1. The van der Waals surface area contributed by atoms with Gasteiger partial charge in [0, 0.05) is 21.9 Å². The van der Waals surface area contributed by atoms with Gasteiger partial charge in [-0.1, -0.05) is 27.7 Å². The summed E-state index contributed by atoms with van der Waals surface area (Å²) < 4.78 is 6.21. The van der Waals surface area contributed by atoms with E-state index in [4.69, 9.17) is 15.1 Å². The highest BCUT2D eigenvalue weighted by atomic mass is 79.9. The van der Waals surface area contributed by atoms with Crippen molar-refractivity contribution in [3.63, 3.8) is 0 Å². The number of methoxy groups -OCH3 is 1. The molecule has 3 atom stereocenters. The number of hydrogen-bond donors (Lipinski definition) is 4. The van der Waals surface area contributed by atoms with Gasteiger partial charge in [-0.2, -0.15) is 0 Å². The molecule has 8 nitrogen and oxygen atoms in total. The number of aliphatic imine (C=N–C) groups is 1. The number of carbonyl (C=O) groups excluding carboxylic acids is 1. The molecule has 0 spiro atoms. The predicted octanol–water partition coefficient (Wildman–Crippen LogP) is 3.42. The van der Waals surface area contributed by atoms with Gasteiger partial charge in [-0.3, -0.25) is 20.5 Å². The zero-order valence-corrected chi connectivity index (χ0v) is 19.5. The standard InChI is InChI=1S/C21H23BrN6O2S/c1-12-18-19(23)28(15-7-9-16(30-2)10-8-15)21(25-20(18)27-26-12)31-11-17(29)24-14-5-3-13(22)4-6-14/h3-10,12,18,20,23,26-27H,11H2,1-2H3,(H,24,29). The third kappa shape index (κ3) is 4.77. The molecule has 10 heteroatoms. The van der Waals surface area contributed by atoms with Gasteiger partial charge >= 0.3 is 0 Å². The number of rotatable bonds is 5. The number of nitrogens with one attached hydrogen (secondary N) is 4. The summed E-state index contributed by atoms with van der Waals surface area (Å²) in [6, 6.07) is 15.0. The topological polar surface area (TPSA) is 102 Å². The number of nitrogens with zero attached hydrogens (tertiary/aromatic N) is 2. The molecule has 2 aliphatic rings. The number of halogens is 1. The average molecular weight is 503 g/mol. The summed E-state index contributed by atoms with van der Waals surface area (Å²) in [5.74, 6) is 1.11. The summed E-state index contributed by atoms with van der Waals surface area (Å²) >= 11 is 4.70. The van der Waals surface area contributed by atoms with Gasteiger partial charge in [0.2, 0.25) is 5.91 Å². The summed E-state index contributed by atoms with van der Waals surface area (Å²) in [7, 11) is 1.62. The maximum absolute atomic E-state index is 12.5.